The van der Waals surface area contributed by atoms with Gasteiger partial charge in [0, 0.05) is 0 Å². The van der Waals surface area contributed by atoms with Crippen molar-refractivity contribution in [3.05, 3.63) is 101 Å². The molecule has 3 aromatic rings. The first kappa shape index (κ1) is 21.6. The number of alkyl halides is 3. The van der Waals surface area contributed by atoms with E-state index in [9.17, 15) is 26.4 Å². The second kappa shape index (κ2) is 8.71. The molecule has 156 valence electrons. The monoisotopic (exact) mass is 434 g/mol. The molecule has 0 saturated heterocycles. The SMILES string of the molecule is O=C(OCc1ccccc1)c1cc(C(F)(F)F)cc(S(=O)(=O)Cc2ccccc2)c1. The Labute approximate surface area is 171 Å². The Morgan fingerprint density at radius 1 is 0.833 bits per heavy atom. The highest BCUT2D eigenvalue weighted by atomic mass is 32.2. The normalized spacial score (nSPS) is 11.8. The van der Waals surface area contributed by atoms with Crippen LogP contribution in [0.15, 0.2) is 83.8 Å². The summed E-state index contributed by atoms with van der Waals surface area (Å²) >= 11 is 0. The fourth-order valence-corrected chi connectivity index (χ4v) is 4.15. The van der Waals surface area contributed by atoms with Gasteiger partial charge in [-0.05, 0) is 29.3 Å². The molecule has 0 fully saturated rings. The average molecular weight is 434 g/mol. The van der Waals surface area contributed by atoms with Crippen molar-refractivity contribution in [2.24, 2.45) is 0 Å². The van der Waals surface area contributed by atoms with Gasteiger partial charge in [-0.15, -0.1) is 0 Å². The van der Waals surface area contributed by atoms with E-state index in [0.717, 1.165) is 6.07 Å². The van der Waals surface area contributed by atoms with E-state index in [4.69, 9.17) is 4.74 Å². The minimum atomic E-state index is -4.83. The first-order valence-electron chi connectivity index (χ1n) is 8.85. The zero-order valence-electron chi connectivity index (χ0n) is 15.6. The van der Waals surface area contributed by atoms with Crippen LogP contribution in [0.1, 0.15) is 27.0 Å². The molecule has 0 aliphatic heterocycles. The quantitative estimate of drug-likeness (QED) is 0.510. The van der Waals surface area contributed by atoms with Crippen LogP contribution in [-0.4, -0.2) is 14.4 Å². The van der Waals surface area contributed by atoms with Gasteiger partial charge in [-0.2, -0.15) is 13.2 Å². The maximum atomic E-state index is 13.3. The van der Waals surface area contributed by atoms with E-state index in [1.54, 1.807) is 60.7 Å². The minimum absolute atomic E-state index is 0.151. The number of carbonyl (C=O) groups is 1. The Hall–Kier alpha value is -3.13. The number of sulfone groups is 1. The van der Waals surface area contributed by atoms with Gasteiger partial charge >= 0.3 is 12.1 Å². The molecule has 0 radical (unpaired) electrons. The first-order chi connectivity index (χ1) is 14.1. The molecule has 0 aliphatic rings. The summed E-state index contributed by atoms with van der Waals surface area (Å²) < 4.78 is 70.5. The van der Waals surface area contributed by atoms with Gasteiger partial charge in [0.25, 0.3) is 0 Å². The van der Waals surface area contributed by atoms with Crippen molar-refractivity contribution < 1.29 is 31.1 Å². The lowest BCUT2D eigenvalue weighted by Gasteiger charge is -2.13. The smallest absolute Gasteiger partial charge is 0.416 e. The molecule has 0 N–H and O–H groups in total. The van der Waals surface area contributed by atoms with E-state index in [0.29, 0.717) is 23.3 Å². The molecule has 0 unspecified atom stereocenters. The van der Waals surface area contributed by atoms with Crippen molar-refractivity contribution >= 4 is 15.8 Å². The highest BCUT2D eigenvalue weighted by molar-refractivity contribution is 7.90. The summed E-state index contributed by atoms with van der Waals surface area (Å²) in [7, 11) is -4.13. The Balaban J connectivity index is 1.93. The minimum Gasteiger partial charge on any atom is -0.457 e. The molecule has 3 aromatic carbocycles. The molecule has 30 heavy (non-hydrogen) atoms. The van der Waals surface area contributed by atoms with Gasteiger partial charge < -0.3 is 4.74 Å². The summed E-state index contributed by atoms with van der Waals surface area (Å²) in [4.78, 5) is 11.8. The summed E-state index contributed by atoms with van der Waals surface area (Å²) in [6.07, 6.45) is -4.83. The number of hydrogen-bond donors (Lipinski definition) is 0. The lowest BCUT2D eigenvalue weighted by atomic mass is 10.1. The fraction of sp³-hybridized carbons (Fsp3) is 0.136. The van der Waals surface area contributed by atoms with Crippen LogP contribution >= 0.6 is 0 Å². The highest BCUT2D eigenvalue weighted by Crippen LogP contribution is 2.32. The molecule has 0 bridgehead atoms. The number of esters is 1. The summed E-state index contributed by atoms with van der Waals surface area (Å²) in [6, 6.07) is 18.7. The molecule has 4 nitrogen and oxygen atoms in total. The predicted molar refractivity (Wildman–Crippen MR) is 104 cm³/mol. The molecule has 0 saturated carbocycles. The summed E-state index contributed by atoms with van der Waals surface area (Å²) in [6.45, 7) is -0.151. The number of carbonyl (C=O) groups excluding carboxylic acids is 1. The van der Waals surface area contributed by atoms with Crippen molar-refractivity contribution in [2.45, 2.75) is 23.4 Å². The Morgan fingerprint density at radius 2 is 1.40 bits per heavy atom. The maximum Gasteiger partial charge on any atom is 0.416 e. The number of hydrogen-bond acceptors (Lipinski definition) is 4. The van der Waals surface area contributed by atoms with Crippen molar-refractivity contribution in [1.82, 2.24) is 0 Å². The van der Waals surface area contributed by atoms with Crippen LogP contribution < -0.4 is 0 Å². The zero-order chi connectivity index (χ0) is 21.8. The average Bonchev–Trinajstić information content (AvgIpc) is 2.72. The van der Waals surface area contributed by atoms with Crippen LogP contribution in [0.4, 0.5) is 13.2 Å². The molecular weight excluding hydrogens is 417 g/mol. The molecular formula is C22H17F3O4S. The first-order valence-corrected chi connectivity index (χ1v) is 10.5. The third kappa shape index (κ3) is 5.48. The zero-order valence-corrected chi connectivity index (χ0v) is 16.4. The van der Waals surface area contributed by atoms with Crippen LogP contribution in [0.2, 0.25) is 0 Å². The van der Waals surface area contributed by atoms with E-state index in [1.165, 1.54) is 0 Å². The Morgan fingerprint density at radius 3 is 1.97 bits per heavy atom. The van der Waals surface area contributed by atoms with Crippen molar-refractivity contribution in [1.29, 1.82) is 0 Å². The van der Waals surface area contributed by atoms with Gasteiger partial charge in [-0.25, -0.2) is 13.2 Å². The molecule has 0 atom stereocenters. The molecule has 0 amide bonds. The van der Waals surface area contributed by atoms with Gasteiger partial charge in [0.15, 0.2) is 9.84 Å². The topological polar surface area (TPSA) is 60.4 Å². The third-order valence-electron chi connectivity index (χ3n) is 4.24. The predicted octanol–water partition coefficient (Wildman–Crippen LogP) is 5.04. The second-order valence-electron chi connectivity index (χ2n) is 6.55. The van der Waals surface area contributed by atoms with Crippen molar-refractivity contribution in [2.75, 3.05) is 0 Å². The van der Waals surface area contributed by atoms with Gasteiger partial charge in [-0.1, -0.05) is 60.7 Å². The third-order valence-corrected chi connectivity index (χ3v) is 5.91. The van der Waals surface area contributed by atoms with Gasteiger partial charge in [0.2, 0.25) is 0 Å². The number of halogens is 3. The molecule has 8 heteroatoms. The van der Waals surface area contributed by atoms with Crippen molar-refractivity contribution in [3.8, 4) is 0 Å². The van der Waals surface area contributed by atoms with Crippen molar-refractivity contribution in [3.63, 3.8) is 0 Å². The molecule has 3 rings (SSSR count). The van der Waals surface area contributed by atoms with Crippen LogP contribution in [0, 0.1) is 0 Å². The summed E-state index contributed by atoms with van der Waals surface area (Å²) in [5.74, 6) is -1.53. The summed E-state index contributed by atoms with van der Waals surface area (Å²) in [5, 5.41) is 0. The van der Waals surface area contributed by atoms with E-state index in [2.05, 4.69) is 0 Å². The molecule has 0 heterocycles. The van der Waals surface area contributed by atoms with Crippen LogP contribution in [0.3, 0.4) is 0 Å². The van der Waals surface area contributed by atoms with Crippen LogP contribution in [0.5, 0.6) is 0 Å². The molecule has 0 aromatic heterocycles. The number of benzene rings is 3. The van der Waals surface area contributed by atoms with Crippen LogP contribution in [-0.2, 0) is 33.1 Å². The standard InChI is InChI=1S/C22H17F3O4S/c23-22(24,25)19-11-18(21(26)29-14-16-7-3-1-4-8-16)12-20(13-19)30(27,28)15-17-9-5-2-6-10-17/h1-13H,14-15H2. The highest BCUT2D eigenvalue weighted by Gasteiger charge is 2.33. The summed E-state index contributed by atoms with van der Waals surface area (Å²) in [5.41, 5.74) is -0.645. The molecule has 0 aliphatic carbocycles. The van der Waals surface area contributed by atoms with Crippen LogP contribution in [0.25, 0.3) is 0 Å². The van der Waals surface area contributed by atoms with E-state index in [-0.39, 0.29) is 6.61 Å². The fourth-order valence-electron chi connectivity index (χ4n) is 2.74. The van der Waals surface area contributed by atoms with E-state index in [1.807, 2.05) is 0 Å². The maximum absolute atomic E-state index is 13.3. The van der Waals surface area contributed by atoms with Gasteiger partial charge in [0.1, 0.15) is 6.61 Å². The number of rotatable bonds is 6. The Kier molecular flexibility index (Phi) is 6.26. The van der Waals surface area contributed by atoms with E-state index >= 15 is 0 Å². The largest absolute Gasteiger partial charge is 0.457 e. The molecule has 0 spiro atoms. The van der Waals surface area contributed by atoms with Gasteiger partial charge in [0.05, 0.1) is 21.8 Å². The number of ether oxygens (including phenoxy) is 1. The van der Waals surface area contributed by atoms with E-state index < -0.39 is 43.8 Å². The second-order valence-corrected chi connectivity index (χ2v) is 8.54. The Bertz CT molecular complexity index is 1130. The lowest BCUT2D eigenvalue weighted by molar-refractivity contribution is -0.137. The van der Waals surface area contributed by atoms with Gasteiger partial charge in [-0.3, -0.25) is 0 Å². The lowest BCUT2D eigenvalue weighted by Crippen LogP contribution is -2.13.